The first-order valence-electron chi connectivity index (χ1n) is 11.9. The van der Waals surface area contributed by atoms with Gasteiger partial charge in [-0.05, 0) is 12.1 Å². The number of halogens is 3. The molecule has 3 aliphatic rings. The monoisotopic (exact) mass is 515 g/mol. The highest BCUT2D eigenvalue weighted by molar-refractivity contribution is 6.09. The fraction of sp³-hybridized carbons (Fsp3) is 0.400. The molecule has 1 saturated heterocycles. The van der Waals surface area contributed by atoms with Crippen LogP contribution in [0.5, 0.6) is 5.75 Å². The molecule has 1 amide bonds. The van der Waals surface area contributed by atoms with Gasteiger partial charge in [-0.25, -0.2) is 13.9 Å². The van der Waals surface area contributed by atoms with Crippen LogP contribution in [-0.2, 0) is 11.2 Å². The summed E-state index contributed by atoms with van der Waals surface area (Å²) in [5, 5.41) is 16.4. The van der Waals surface area contributed by atoms with Crippen molar-refractivity contribution < 1.29 is 32.5 Å². The Hall–Kier alpha value is -3.80. The largest absolute Gasteiger partial charge is 0.497 e. The van der Waals surface area contributed by atoms with Crippen LogP contribution in [-0.4, -0.2) is 69.1 Å². The van der Waals surface area contributed by atoms with Crippen LogP contribution in [0.1, 0.15) is 28.8 Å². The van der Waals surface area contributed by atoms with Crippen molar-refractivity contribution in [1.82, 2.24) is 14.6 Å². The van der Waals surface area contributed by atoms with Crippen molar-refractivity contribution in [3.63, 3.8) is 0 Å². The van der Waals surface area contributed by atoms with Crippen LogP contribution in [0.2, 0.25) is 0 Å². The SMILES string of the molecule is O=C(Nc1cc2c(cc1N1CCC(F)(CO)CC1)O[C@@]1(COC=CC1(F)F)C2)c1cnn2cccnc12. The molecule has 5 heterocycles. The second kappa shape index (κ2) is 8.37. The molecular formula is C25H24F3N5O4. The molecule has 9 nitrogen and oxygen atoms in total. The minimum Gasteiger partial charge on any atom is -0.497 e. The summed E-state index contributed by atoms with van der Waals surface area (Å²) < 4.78 is 57.0. The molecule has 3 aliphatic heterocycles. The summed E-state index contributed by atoms with van der Waals surface area (Å²) >= 11 is 0. The number of aliphatic hydroxyl groups excluding tert-OH is 1. The van der Waals surface area contributed by atoms with E-state index in [1.165, 1.54) is 10.7 Å². The molecule has 2 aromatic heterocycles. The summed E-state index contributed by atoms with van der Waals surface area (Å²) in [6.45, 7) is -0.403. The lowest BCUT2D eigenvalue weighted by Crippen LogP contribution is -2.55. The number of rotatable bonds is 4. The van der Waals surface area contributed by atoms with Gasteiger partial charge in [-0.15, -0.1) is 0 Å². The molecule has 194 valence electrons. The summed E-state index contributed by atoms with van der Waals surface area (Å²) in [6, 6.07) is 4.91. The zero-order valence-corrected chi connectivity index (χ0v) is 19.7. The van der Waals surface area contributed by atoms with E-state index >= 15 is 0 Å². The summed E-state index contributed by atoms with van der Waals surface area (Å²) in [5.41, 5.74) is -1.63. The zero-order chi connectivity index (χ0) is 25.8. The van der Waals surface area contributed by atoms with Gasteiger partial charge in [0.2, 0.25) is 5.60 Å². The first-order chi connectivity index (χ1) is 17.7. The first kappa shape index (κ1) is 23.6. The Kier molecular flexibility index (Phi) is 5.34. The predicted octanol–water partition coefficient (Wildman–Crippen LogP) is 3.14. The number of nitrogens with one attached hydrogen (secondary N) is 1. The number of carbonyl (C=O) groups excluding carboxylic acids is 1. The zero-order valence-electron chi connectivity index (χ0n) is 19.7. The van der Waals surface area contributed by atoms with Crippen LogP contribution in [0, 0.1) is 0 Å². The number of fused-ring (bicyclic) bond motifs is 2. The third-order valence-corrected chi connectivity index (χ3v) is 7.31. The van der Waals surface area contributed by atoms with Crippen LogP contribution in [0.15, 0.2) is 49.1 Å². The van der Waals surface area contributed by atoms with E-state index in [-0.39, 0.29) is 50.3 Å². The quantitative estimate of drug-likeness (QED) is 0.551. The van der Waals surface area contributed by atoms with E-state index in [2.05, 4.69) is 15.4 Å². The van der Waals surface area contributed by atoms with E-state index < -0.39 is 29.7 Å². The summed E-state index contributed by atoms with van der Waals surface area (Å²) in [4.78, 5) is 19.3. The lowest BCUT2D eigenvalue weighted by Gasteiger charge is -2.37. The number of hydrogen-bond acceptors (Lipinski definition) is 7. The van der Waals surface area contributed by atoms with Crippen molar-refractivity contribution >= 4 is 22.9 Å². The highest BCUT2D eigenvalue weighted by Gasteiger charge is 2.60. The fourth-order valence-corrected chi connectivity index (χ4v) is 5.08. The number of amides is 1. The van der Waals surface area contributed by atoms with E-state index in [4.69, 9.17) is 9.47 Å². The van der Waals surface area contributed by atoms with E-state index in [1.54, 1.807) is 30.6 Å². The normalized spacial score (nSPS) is 23.5. The maximum absolute atomic E-state index is 14.9. The third kappa shape index (κ3) is 3.86. The molecule has 37 heavy (non-hydrogen) atoms. The molecule has 12 heteroatoms. The smallest absolute Gasteiger partial charge is 0.312 e. The number of alkyl halides is 3. The van der Waals surface area contributed by atoms with Gasteiger partial charge in [-0.3, -0.25) is 4.79 Å². The average molecular weight is 515 g/mol. The topological polar surface area (TPSA) is 101 Å². The molecule has 0 saturated carbocycles. The van der Waals surface area contributed by atoms with Crippen molar-refractivity contribution in [2.45, 2.75) is 36.5 Å². The van der Waals surface area contributed by atoms with E-state index in [9.17, 15) is 23.1 Å². The van der Waals surface area contributed by atoms with Crippen LogP contribution in [0.25, 0.3) is 5.65 Å². The van der Waals surface area contributed by atoms with Gasteiger partial charge in [0.15, 0.2) is 5.65 Å². The van der Waals surface area contributed by atoms with Gasteiger partial charge in [0, 0.05) is 62.5 Å². The number of aliphatic hydroxyl groups is 1. The lowest BCUT2D eigenvalue weighted by atomic mass is 9.89. The summed E-state index contributed by atoms with van der Waals surface area (Å²) in [6.07, 6.45) is 6.29. The predicted molar refractivity (Wildman–Crippen MR) is 127 cm³/mol. The molecule has 1 fully saturated rings. The number of carbonyl (C=O) groups is 1. The van der Waals surface area contributed by atoms with Crippen molar-refractivity contribution in [3.8, 4) is 5.75 Å². The molecule has 0 aliphatic carbocycles. The number of piperidine rings is 1. The fourth-order valence-electron chi connectivity index (χ4n) is 5.08. The molecule has 2 N–H and O–H groups in total. The average Bonchev–Trinajstić information content (AvgIpc) is 3.48. The number of benzene rings is 1. The molecule has 0 radical (unpaired) electrons. The lowest BCUT2D eigenvalue weighted by molar-refractivity contribution is -0.157. The van der Waals surface area contributed by atoms with Gasteiger partial charge < -0.3 is 24.8 Å². The number of ether oxygens (including phenoxy) is 2. The van der Waals surface area contributed by atoms with Crippen LogP contribution >= 0.6 is 0 Å². The van der Waals surface area contributed by atoms with Gasteiger partial charge in [0.1, 0.15) is 23.6 Å². The Morgan fingerprint density at radius 1 is 1.22 bits per heavy atom. The van der Waals surface area contributed by atoms with Crippen molar-refractivity contribution in [3.05, 3.63) is 60.3 Å². The number of aromatic nitrogens is 3. The van der Waals surface area contributed by atoms with Gasteiger partial charge in [-0.2, -0.15) is 13.9 Å². The van der Waals surface area contributed by atoms with E-state index in [0.29, 0.717) is 28.7 Å². The van der Waals surface area contributed by atoms with Crippen LogP contribution in [0.4, 0.5) is 24.5 Å². The second-order valence-corrected chi connectivity index (χ2v) is 9.68. The second-order valence-electron chi connectivity index (χ2n) is 9.68. The summed E-state index contributed by atoms with van der Waals surface area (Å²) in [7, 11) is 0. The van der Waals surface area contributed by atoms with E-state index in [0.717, 1.165) is 6.26 Å². The van der Waals surface area contributed by atoms with Crippen LogP contribution < -0.4 is 15.0 Å². The minimum atomic E-state index is -3.27. The van der Waals surface area contributed by atoms with Crippen molar-refractivity contribution in [2.75, 3.05) is 36.5 Å². The molecule has 1 aromatic carbocycles. The Labute approximate surface area is 209 Å². The molecule has 1 atom stereocenters. The molecule has 0 bridgehead atoms. The highest BCUT2D eigenvalue weighted by atomic mass is 19.3. The molecule has 1 spiro atoms. The maximum Gasteiger partial charge on any atom is 0.312 e. The van der Waals surface area contributed by atoms with Crippen molar-refractivity contribution in [1.29, 1.82) is 0 Å². The standard InChI is InChI=1S/C25H24F3N5O4/c26-23(14-34)2-7-32(8-3-23)19-11-20-16(12-24(37-20)15-36-9-4-25(24,27)28)10-18(19)31-22(35)17-13-30-33-6-1-5-29-21(17)33/h1,4-6,9-11,13,34H,2-3,7-8,12,14-15H2,(H,31,35)/t24-/m1/s1. The molecule has 0 unspecified atom stereocenters. The van der Waals surface area contributed by atoms with Gasteiger partial charge >= 0.3 is 5.92 Å². The van der Waals surface area contributed by atoms with Gasteiger partial charge in [0.25, 0.3) is 5.91 Å². The van der Waals surface area contributed by atoms with E-state index in [1.807, 2.05) is 4.90 Å². The Morgan fingerprint density at radius 2 is 2.03 bits per heavy atom. The summed E-state index contributed by atoms with van der Waals surface area (Å²) in [5.74, 6) is -3.50. The van der Waals surface area contributed by atoms with Gasteiger partial charge in [0.05, 0.1) is 30.4 Å². The van der Waals surface area contributed by atoms with Crippen molar-refractivity contribution in [2.24, 2.45) is 0 Å². The Bertz CT molecular complexity index is 1400. The number of hydrogen-bond donors (Lipinski definition) is 2. The highest BCUT2D eigenvalue weighted by Crippen LogP contribution is 2.49. The maximum atomic E-state index is 14.9. The number of nitrogens with zero attached hydrogens (tertiary/aromatic N) is 4. The minimum absolute atomic E-state index is 0.0768. The molecule has 6 rings (SSSR count). The number of anilines is 2. The first-order valence-corrected chi connectivity index (χ1v) is 11.9. The van der Waals surface area contributed by atoms with Crippen LogP contribution in [0.3, 0.4) is 0 Å². The molecule has 3 aromatic rings. The Balaban J connectivity index is 1.37. The third-order valence-electron chi connectivity index (χ3n) is 7.31. The van der Waals surface area contributed by atoms with Gasteiger partial charge in [-0.1, -0.05) is 0 Å². The Morgan fingerprint density at radius 3 is 2.78 bits per heavy atom. The molecular weight excluding hydrogens is 491 g/mol.